The van der Waals surface area contributed by atoms with E-state index in [2.05, 4.69) is 15.7 Å². The molecule has 0 amide bonds. The molecule has 3 heteroatoms. The van der Waals surface area contributed by atoms with Crippen LogP contribution in [0, 0.1) is 5.92 Å². The number of fused-ring (bicyclic) bond motifs is 3. The van der Waals surface area contributed by atoms with Crippen LogP contribution in [0.4, 0.5) is 0 Å². The highest BCUT2D eigenvalue weighted by atomic mass is 32.1. The third kappa shape index (κ3) is 1.63. The number of piperidine rings is 3. The standard InChI is InChI=1S/C12H17NOS/c14-6-10-7-15-8-12(10)11-5-13-3-1-9(11)2-4-13/h7-9,11,14H,1-6H2. The smallest absolute Gasteiger partial charge is 0.0692 e. The first-order chi connectivity index (χ1) is 7.38. The van der Waals surface area contributed by atoms with Crippen LogP contribution >= 0.6 is 11.3 Å². The van der Waals surface area contributed by atoms with Crippen molar-refractivity contribution in [3.63, 3.8) is 0 Å². The summed E-state index contributed by atoms with van der Waals surface area (Å²) in [7, 11) is 0. The monoisotopic (exact) mass is 223 g/mol. The van der Waals surface area contributed by atoms with Crippen LogP contribution in [0.15, 0.2) is 10.8 Å². The molecule has 0 spiro atoms. The Hall–Kier alpha value is -0.380. The molecule has 4 heterocycles. The highest BCUT2D eigenvalue weighted by molar-refractivity contribution is 7.08. The summed E-state index contributed by atoms with van der Waals surface area (Å²) in [5.74, 6) is 1.57. The molecule has 0 radical (unpaired) electrons. The zero-order valence-electron chi connectivity index (χ0n) is 8.85. The minimum absolute atomic E-state index is 0.210. The van der Waals surface area contributed by atoms with Gasteiger partial charge in [-0.2, -0.15) is 11.3 Å². The van der Waals surface area contributed by atoms with Crippen molar-refractivity contribution in [2.75, 3.05) is 19.6 Å². The van der Waals surface area contributed by atoms with Crippen LogP contribution in [0.25, 0.3) is 0 Å². The molecule has 3 saturated heterocycles. The van der Waals surface area contributed by atoms with Crippen molar-refractivity contribution in [3.8, 4) is 0 Å². The fourth-order valence-electron chi connectivity index (χ4n) is 3.10. The Balaban J connectivity index is 1.88. The molecule has 2 nitrogen and oxygen atoms in total. The maximum absolute atomic E-state index is 9.30. The minimum atomic E-state index is 0.210. The van der Waals surface area contributed by atoms with E-state index in [1.165, 1.54) is 43.6 Å². The lowest BCUT2D eigenvalue weighted by Crippen LogP contribution is -2.46. The molecule has 0 aliphatic carbocycles. The van der Waals surface area contributed by atoms with Gasteiger partial charge in [-0.3, -0.25) is 0 Å². The van der Waals surface area contributed by atoms with E-state index in [0.717, 1.165) is 5.92 Å². The maximum Gasteiger partial charge on any atom is 0.0692 e. The van der Waals surface area contributed by atoms with E-state index in [9.17, 15) is 5.11 Å². The molecule has 1 atom stereocenters. The van der Waals surface area contributed by atoms with Gasteiger partial charge in [0.1, 0.15) is 0 Å². The Labute approximate surface area is 94.5 Å². The minimum Gasteiger partial charge on any atom is -0.392 e. The zero-order valence-corrected chi connectivity index (χ0v) is 9.67. The summed E-state index contributed by atoms with van der Waals surface area (Å²) in [5, 5.41) is 13.7. The Kier molecular flexibility index (Phi) is 2.54. The lowest BCUT2D eigenvalue weighted by molar-refractivity contribution is 0.0864. The molecular weight excluding hydrogens is 206 g/mol. The normalized spacial score (nSPS) is 34.6. The van der Waals surface area contributed by atoms with Crippen LogP contribution in [0.3, 0.4) is 0 Å². The average Bonchev–Trinajstić information content (AvgIpc) is 2.78. The van der Waals surface area contributed by atoms with Crippen molar-refractivity contribution < 1.29 is 5.11 Å². The second-order valence-electron chi connectivity index (χ2n) is 4.76. The van der Waals surface area contributed by atoms with E-state index >= 15 is 0 Å². The molecule has 0 saturated carbocycles. The van der Waals surface area contributed by atoms with Gasteiger partial charge >= 0.3 is 0 Å². The lowest BCUT2D eigenvalue weighted by Gasteiger charge is -2.45. The fraction of sp³-hybridized carbons (Fsp3) is 0.667. The molecule has 15 heavy (non-hydrogen) atoms. The van der Waals surface area contributed by atoms with E-state index in [4.69, 9.17) is 0 Å². The molecule has 4 rings (SSSR count). The topological polar surface area (TPSA) is 23.5 Å². The first-order valence-electron chi connectivity index (χ1n) is 5.76. The van der Waals surface area contributed by atoms with Crippen LogP contribution in [-0.4, -0.2) is 29.6 Å². The van der Waals surface area contributed by atoms with Crippen LogP contribution in [0.1, 0.15) is 29.9 Å². The summed E-state index contributed by atoms with van der Waals surface area (Å²) in [4.78, 5) is 2.57. The second kappa shape index (κ2) is 3.89. The largest absolute Gasteiger partial charge is 0.392 e. The molecule has 1 aromatic heterocycles. The van der Waals surface area contributed by atoms with E-state index in [1.54, 1.807) is 11.3 Å². The number of hydrogen-bond donors (Lipinski definition) is 1. The first kappa shape index (κ1) is 9.82. The van der Waals surface area contributed by atoms with Crippen LogP contribution in [0.5, 0.6) is 0 Å². The van der Waals surface area contributed by atoms with Gasteiger partial charge in [-0.05, 0) is 53.7 Å². The van der Waals surface area contributed by atoms with Crippen LogP contribution in [0.2, 0.25) is 0 Å². The number of hydrogen-bond acceptors (Lipinski definition) is 3. The van der Waals surface area contributed by atoms with Crippen LogP contribution in [-0.2, 0) is 6.61 Å². The molecule has 3 aliphatic heterocycles. The van der Waals surface area contributed by atoms with Gasteiger partial charge < -0.3 is 10.0 Å². The van der Waals surface area contributed by atoms with Gasteiger partial charge in [0.05, 0.1) is 6.61 Å². The summed E-state index contributed by atoms with van der Waals surface area (Å²) in [6, 6.07) is 0. The fourth-order valence-corrected chi connectivity index (χ4v) is 4.02. The number of aliphatic hydroxyl groups excluding tert-OH is 1. The Morgan fingerprint density at radius 2 is 2.13 bits per heavy atom. The number of rotatable bonds is 2. The van der Waals surface area contributed by atoms with Crippen LogP contribution < -0.4 is 0 Å². The van der Waals surface area contributed by atoms with Crippen molar-refractivity contribution >= 4 is 11.3 Å². The maximum atomic E-state index is 9.30. The number of thiophene rings is 1. The third-order valence-corrected chi connectivity index (χ3v) is 4.81. The highest BCUT2D eigenvalue weighted by Crippen LogP contribution is 2.40. The Bertz CT molecular complexity index is 341. The van der Waals surface area contributed by atoms with E-state index in [0.29, 0.717) is 5.92 Å². The second-order valence-corrected chi connectivity index (χ2v) is 5.50. The quantitative estimate of drug-likeness (QED) is 0.829. The lowest BCUT2D eigenvalue weighted by atomic mass is 9.75. The summed E-state index contributed by atoms with van der Waals surface area (Å²) in [5.41, 5.74) is 2.59. The number of aliphatic hydroxyl groups is 1. The van der Waals surface area contributed by atoms with Gasteiger partial charge in [0, 0.05) is 12.5 Å². The van der Waals surface area contributed by atoms with E-state index in [1.807, 2.05) is 0 Å². The summed E-state index contributed by atoms with van der Waals surface area (Å²) in [6.45, 7) is 4.01. The van der Waals surface area contributed by atoms with Crippen molar-refractivity contribution in [1.82, 2.24) is 4.90 Å². The van der Waals surface area contributed by atoms with Gasteiger partial charge in [-0.15, -0.1) is 0 Å². The number of nitrogens with zero attached hydrogens (tertiary/aromatic N) is 1. The molecule has 0 aromatic carbocycles. The Morgan fingerprint density at radius 3 is 2.73 bits per heavy atom. The highest BCUT2D eigenvalue weighted by Gasteiger charge is 2.35. The van der Waals surface area contributed by atoms with E-state index in [-0.39, 0.29) is 6.61 Å². The van der Waals surface area contributed by atoms with Crippen molar-refractivity contribution in [2.45, 2.75) is 25.4 Å². The van der Waals surface area contributed by atoms with Crippen molar-refractivity contribution in [1.29, 1.82) is 0 Å². The SMILES string of the molecule is OCc1cscc1C1CN2CCC1CC2. The summed E-state index contributed by atoms with van der Waals surface area (Å²) < 4.78 is 0. The summed E-state index contributed by atoms with van der Waals surface area (Å²) in [6.07, 6.45) is 2.71. The van der Waals surface area contributed by atoms with Gasteiger partial charge in [-0.25, -0.2) is 0 Å². The van der Waals surface area contributed by atoms with E-state index < -0.39 is 0 Å². The molecule has 2 bridgehead atoms. The molecule has 82 valence electrons. The predicted molar refractivity (Wildman–Crippen MR) is 62.1 cm³/mol. The predicted octanol–water partition coefficient (Wildman–Crippen LogP) is 2.05. The molecule has 3 fully saturated rings. The molecule has 1 N–H and O–H groups in total. The summed E-state index contributed by atoms with van der Waals surface area (Å²) >= 11 is 1.73. The zero-order chi connectivity index (χ0) is 10.3. The van der Waals surface area contributed by atoms with Gasteiger partial charge in [0.2, 0.25) is 0 Å². The third-order valence-electron chi connectivity index (χ3n) is 4.00. The van der Waals surface area contributed by atoms with Crippen molar-refractivity contribution in [3.05, 3.63) is 21.9 Å². The van der Waals surface area contributed by atoms with Crippen molar-refractivity contribution in [2.24, 2.45) is 5.92 Å². The molecule has 1 unspecified atom stereocenters. The average molecular weight is 223 g/mol. The molecular formula is C12H17NOS. The van der Waals surface area contributed by atoms with Gasteiger partial charge in [0.25, 0.3) is 0 Å². The van der Waals surface area contributed by atoms with Gasteiger partial charge in [0.15, 0.2) is 0 Å². The Morgan fingerprint density at radius 1 is 1.33 bits per heavy atom. The first-order valence-corrected chi connectivity index (χ1v) is 6.71. The molecule has 3 aliphatic rings. The molecule has 1 aromatic rings. The van der Waals surface area contributed by atoms with Gasteiger partial charge in [-0.1, -0.05) is 0 Å².